The lowest BCUT2D eigenvalue weighted by atomic mass is 10.0. The van der Waals surface area contributed by atoms with Gasteiger partial charge in [0.2, 0.25) is 5.91 Å². The molecular formula is C18H13Cl2F2NO. The average Bonchev–Trinajstić information content (AvgIpc) is 2.53. The van der Waals surface area contributed by atoms with Crippen LogP contribution in [-0.2, 0) is 4.79 Å². The minimum Gasteiger partial charge on any atom is -0.305 e. The fraction of sp³-hybridized carbons (Fsp3) is 0.167. The van der Waals surface area contributed by atoms with Gasteiger partial charge >= 0.3 is 0 Å². The molecule has 0 atom stereocenters. The van der Waals surface area contributed by atoms with Crippen LogP contribution in [0.15, 0.2) is 42.0 Å². The molecule has 0 aliphatic carbocycles. The first-order valence-electron chi connectivity index (χ1n) is 7.34. The molecule has 24 heavy (non-hydrogen) atoms. The molecule has 1 heterocycles. The van der Waals surface area contributed by atoms with Crippen LogP contribution in [0.5, 0.6) is 0 Å². The number of halogens is 4. The first-order chi connectivity index (χ1) is 11.5. The minimum atomic E-state index is -0.637. The zero-order valence-corrected chi connectivity index (χ0v) is 14.0. The van der Waals surface area contributed by atoms with E-state index in [0.29, 0.717) is 22.2 Å². The molecule has 0 saturated carbocycles. The van der Waals surface area contributed by atoms with E-state index in [1.165, 1.54) is 17.0 Å². The molecule has 1 fully saturated rings. The number of nitrogens with zero attached hydrogens (tertiary/aromatic N) is 1. The molecule has 6 heteroatoms. The molecule has 3 rings (SSSR count). The van der Waals surface area contributed by atoms with Crippen molar-refractivity contribution in [3.05, 3.63) is 69.2 Å². The number of para-hydroxylation sites is 1. The third kappa shape index (κ3) is 3.45. The molecular weight excluding hydrogens is 355 g/mol. The van der Waals surface area contributed by atoms with Gasteiger partial charge in [0.15, 0.2) is 0 Å². The number of hydrogen-bond donors (Lipinski definition) is 0. The molecule has 1 amide bonds. The summed E-state index contributed by atoms with van der Waals surface area (Å²) in [5, 5.41) is 0.759. The topological polar surface area (TPSA) is 20.3 Å². The van der Waals surface area contributed by atoms with Crippen molar-refractivity contribution in [2.45, 2.75) is 12.8 Å². The summed E-state index contributed by atoms with van der Waals surface area (Å²) in [6.45, 7) is 0.263. The number of rotatable bonds is 2. The second-order valence-corrected chi connectivity index (χ2v) is 6.33. The normalized spacial score (nSPS) is 16.8. The van der Waals surface area contributed by atoms with Gasteiger partial charge in [0, 0.05) is 24.6 Å². The van der Waals surface area contributed by atoms with Crippen LogP contribution in [0.2, 0.25) is 10.0 Å². The van der Waals surface area contributed by atoms with E-state index >= 15 is 0 Å². The molecule has 1 aliphatic heterocycles. The van der Waals surface area contributed by atoms with Gasteiger partial charge in [0.1, 0.15) is 11.6 Å². The van der Waals surface area contributed by atoms with Crippen molar-refractivity contribution in [1.82, 2.24) is 0 Å². The average molecular weight is 368 g/mol. The molecule has 1 aliphatic rings. The fourth-order valence-corrected chi connectivity index (χ4v) is 3.28. The Balaban J connectivity index is 1.94. The lowest BCUT2D eigenvalue weighted by Crippen LogP contribution is -2.36. The third-order valence-corrected chi connectivity index (χ3v) is 4.46. The first kappa shape index (κ1) is 16.9. The Hall–Kier alpha value is -1.91. The highest BCUT2D eigenvalue weighted by Gasteiger charge is 2.26. The van der Waals surface area contributed by atoms with Gasteiger partial charge in [-0.25, -0.2) is 8.78 Å². The zero-order chi connectivity index (χ0) is 17.3. The molecule has 2 aromatic rings. The van der Waals surface area contributed by atoms with Crippen LogP contribution in [0.1, 0.15) is 18.4 Å². The maximum absolute atomic E-state index is 13.8. The largest absolute Gasteiger partial charge is 0.305 e. The van der Waals surface area contributed by atoms with Gasteiger partial charge in [0.05, 0.1) is 15.7 Å². The quantitative estimate of drug-likeness (QED) is 0.687. The third-order valence-electron chi connectivity index (χ3n) is 3.85. The summed E-state index contributed by atoms with van der Waals surface area (Å²) in [6.07, 6.45) is 2.42. The van der Waals surface area contributed by atoms with Gasteiger partial charge in [0.25, 0.3) is 0 Å². The molecule has 0 spiro atoms. The standard InChI is InChI=1S/C18H13Cl2F2NO/c19-14-2-1-3-15(20)18(14)23-10-11(4-7-17(23)24)8-12-5-6-13(21)9-16(12)22/h1-3,5-6,8-9H,4,7,10H2. The van der Waals surface area contributed by atoms with Crippen LogP contribution in [0.3, 0.4) is 0 Å². The molecule has 0 bridgehead atoms. The summed E-state index contributed by atoms with van der Waals surface area (Å²) in [7, 11) is 0. The lowest BCUT2D eigenvalue weighted by Gasteiger charge is -2.30. The number of carbonyl (C=O) groups excluding carboxylic acids is 1. The molecule has 124 valence electrons. The number of carbonyl (C=O) groups is 1. The van der Waals surface area contributed by atoms with Crippen LogP contribution in [-0.4, -0.2) is 12.5 Å². The van der Waals surface area contributed by atoms with Crippen LogP contribution in [0, 0.1) is 11.6 Å². The van der Waals surface area contributed by atoms with E-state index in [1.54, 1.807) is 24.3 Å². The van der Waals surface area contributed by atoms with Crippen LogP contribution < -0.4 is 4.90 Å². The molecule has 0 radical (unpaired) electrons. The fourth-order valence-electron chi connectivity index (χ4n) is 2.68. The van der Waals surface area contributed by atoms with E-state index in [2.05, 4.69) is 0 Å². The van der Waals surface area contributed by atoms with Gasteiger partial charge in [-0.3, -0.25) is 4.79 Å². The van der Waals surface area contributed by atoms with Gasteiger partial charge in [-0.05, 0) is 36.3 Å². The Morgan fingerprint density at radius 2 is 1.75 bits per heavy atom. The minimum absolute atomic E-state index is 0.0956. The smallest absolute Gasteiger partial charge is 0.227 e. The highest BCUT2D eigenvalue weighted by Crippen LogP contribution is 2.36. The van der Waals surface area contributed by atoms with E-state index in [0.717, 1.165) is 11.6 Å². The number of anilines is 1. The van der Waals surface area contributed by atoms with E-state index < -0.39 is 11.6 Å². The van der Waals surface area contributed by atoms with Gasteiger partial charge in [-0.2, -0.15) is 0 Å². The van der Waals surface area contributed by atoms with E-state index in [4.69, 9.17) is 23.2 Å². The molecule has 2 nitrogen and oxygen atoms in total. The Bertz CT molecular complexity index is 816. The molecule has 0 N–H and O–H groups in total. The van der Waals surface area contributed by atoms with E-state index in [9.17, 15) is 13.6 Å². The van der Waals surface area contributed by atoms with E-state index in [-0.39, 0.29) is 24.4 Å². The van der Waals surface area contributed by atoms with Crippen molar-refractivity contribution in [3.63, 3.8) is 0 Å². The Labute approximate surface area is 148 Å². The van der Waals surface area contributed by atoms with Crippen molar-refractivity contribution in [3.8, 4) is 0 Å². The molecule has 2 aromatic carbocycles. The van der Waals surface area contributed by atoms with Crippen LogP contribution in [0.25, 0.3) is 6.08 Å². The molecule has 1 saturated heterocycles. The summed E-state index contributed by atoms with van der Waals surface area (Å²) < 4.78 is 26.8. The second-order valence-electron chi connectivity index (χ2n) is 5.52. The summed E-state index contributed by atoms with van der Waals surface area (Å²) in [5.74, 6) is -1.36. The highest BCUT2D eigenvalue weighted by atomic mass is 35.5. The van der Waals surface area contributed by atoms with Crippen molar-refractivity contribution < 1.29 is 13.6 Å². The Morgan fingerprint density at radius 1 is 1.04 bits per heavy atom. The first-order valence-corrected chi connectivity index (χ1v) is 8.10. The van der Waals surface area contributed by atoms with Gasteiger partial charge in [-0.15, -0.1) is 0 Å². The van der Waals surface area contributed by atoms with Gasteiger partial charge < -0.3 is 4.90 Å². The summed E-state index contributed by atoms with van der Waals surface area (Å²) in [6, 6.07) is 8.44. The van der Waals surface area contributed by atoms with Crippen molar-refractivity contribution in [2.75, 3.05) is 11.4 Å². The SMILES string of the molecule is O=C1CCC(=Cc2ccc(F)cc2F)CN1c1c(Cl)cccc1Cl. The predicted molar refractivity (Wildman–Crippen MR) is 92.4 cm³/mol. The Kier molecular flexibility index (Phi) is 4.88. The molecule has 0 unspecified atom stereocenters. The predicted octanol–water partition coefficient (Wildman–Crippen LogP) is 5.48. The summed E-state index contributed by atoms with van der Waals surface area (Å²) in [5.41, 5.74) is 1.58. The van der Waals surface area contributed by atoms with Crippen molar-refractivity contribution >= 4 is 40.9 Å². The highest BCUT2D eigenvalue weighted by molar-refractivity contribution is 6.40. The van der Waals surface area contributed by atoms with Crippen molar-refractivity contribution in [1.29, 1.82) is 0 Å². The number of piperidine rings is 1. The van der Waals surface area contributed by atoms with Crippen molar-refractivity contribution in [2.24, 2.45) is 0 Å². The lowest BCUT2D eigenvalue weighted by molar-refractivity contribution is -0.119. The maximum atomic E-state index is 13.8. The van der Waals surface area contributed by atoms with E-state index in [1.807, 2.05) is 0 Å². The zero-order valence-electron chi connectivity index (χ0n) is 12.5. The maximum Gasteiger partial charge on any atom is 0.227 e. The summed E-state index contributed by atoms with van der Waals surface area (Å²) >= 11 is 12.4. The molecule has 0 aromatic heterocycles. The van der Waals surface area contributed by atoms with Crippen LogP contribution in [0.4, 0.5) is 14.5 Å². The Morgan fingerprint density at radius 3 is 2.42 bits per heavy atom. The van der Waals surface area contributed by atoms with Crippen LogP contribution >= 0.6 is 23.2 Å². The summed E-state index contributed by atoms with van der Waals surface area (Å²) in [4.78, 5) is 13.8. The number of amides is 1. The monoisotopic (exact) mass is 367 g/mol. The number of hydrogen-bond acceptors (Lipinski definition) is 1. The number of benzene rings is 2. The second kappa shape index (κ2) is 6.91. The van der Waals surface area contributed by atoms with Gasteiger partial charge in [-0.1, -0.05) is 35.3 Å².